The number of benzene rings is 1. The summed E-state index contributed by atoms with van der Waals surface area (Å²) >= 11 is 0. The highest BCUT2D eigenvalue weighted by atomic mass is 16.1. The fourth-order valence-electron chi connectivity index (χ4n) is 2.66. The van der Waals surface area contributed by atoms with Crippen molar-refractivity contribution >= 4 is 17.7 Å². The highest BCUT2D eigenvalue weighted by Crippen LogP contribution is 2.10. The van der Waals surface area contributed by atoms with Gasteiger partial charge in [-0.15, -0.1) is 0 Å². The molecule has 0 radical (unpaired) electrons. The molecule has 0 bridgehead atoms. The molecule has 0 fully saturated rings. The molecule has 0 aliphatic heterocycles. The van der Waals surface area contributed by atoms with Gasteiger partial charge >= 0.3 is 0 Å². The number of carbonyl (C=O) groups excluding carboxylic acids is 1. The van der Waals surface area contributed by atoms with Gasteiger partial charge in [0.15, 0.2) is 0 Å². The molecule has 3 rings (SSSR count). The van der Waals surface area contributed by atoms with Crippen LogP contribution in [-0.4, -0.2) is 40.1 Å². The number of anilines is 2. The third kappa shape index (κ3) is 5.07. The number of amides is 1. The maximum Gasteiger partial charge on any atom is 0.251 e. The summed E-state index contributed by atoms with van der Waals surface area (Å²) in [4.78, 5) is 21.0. The predicted molar refractivity (Wildman–Crippen MR) is 108 cm³/mol. The number of hydrogen-bond donors (Lipinski definition) is 3. The van der Waals surface area contributed by atoms with E-state index in [1.165, 1.54) is 0 Å². The zero-order valence-electron chi connectivity index (χ0n) is 15.6. The Labute approximate surface area is 158 Å². The first-order chi connectivity index (χ1) is 13.2. The van der Waals surface area contributed by atoms with Crippen LogP contribution in [0.1, 0.15) is 23.0 Å². The molecule has 7 heteroatoms. The van der Waals surface area contributed by atoms with E-state index >= 15 is 0 Å². The molecule has 0 aliphatic carbocycles. The molecule has 0 aliphatic rings. The summed E-state index contributed by atoms with van der Waals surface area (Å²) in [5.41, 5.74) is 2.54. The predicted octanol–water partition coefficient (Wildman–Crippen LogP) is 2.85. The van der Waals surface area contributed by atoms with Crippen LogP contribution in [0.3, 0.4) is 0 Å². The lowest BCUT2D eigenvalue weighted by molar-refractivity contribution is 0.0955. The van der Waals surface area contributed by atoms with Crippen molar-refractivity contribution in [3.8, 4) is 5.69 Å². The molecule has 0 atom stereocenters. The van der Waals surface area contributed by atoms with Gasteiger partial charge in [0.1, 0.15) is 5.82 Å². The minimum atomic E-state index is -0.102. The minimum Gasteiger partial charge on any atom is -0.370 e. The zero-order valence-corrected chi connectivity index (χ0v) is 15.6. The van der Waals surface area contributed by atoms with Crippen molar-refractivity contribution in [2.45, 2.75) is 13.8 Å². The van der Waals surface area contributed by atoms with Gasteiger partial charge in [0.25, 0.3) is 5.91 Å². The Bertz CT molecular complexity index is 874. The van der Waals surface area contributed by atoms with Gasteiger partial charge in [0.2, 0.25) is 5.95 Å². The SMILES string of the molecule is CCNc1cc(C)nc(NCCNC(=O)c2ccc(-n3cccc3)cc2)n1. The van der Waals surface area contributed by atoms with E-state index in [2.05, 4.69) is 25.9 Å². The van der Waals surface area contributed by atoms with Crippen LogP contribution < -0.4 is 16.0 Å². The van der Waals surface area contributed by atoms with Gasteiger partial charge in [-0.25, -0.2) is 4.98 Å². The Balaban J connectivity index is 1.48. The molecular formula is C20H24N6O. The van der Waals surface area contributed by atoms with Crippen molar-refractivity contribution in [2.24, 2.45) is 0 Å². The molecule has 0 saturated carbocycles. The molecule has 0 unspecified atom stereocenters. The lowest BCUT2D eigenvalue weighted by Crippen LogP contribution is -2.29. The van der Waals surface area contributed by atoms with Crippen molar-refractivity contribution in [1.29, 1.82) is 0 Å². The Kier molecular flexibility index (Phi) is 6.04. The van der Waals surface area contributed by atoms with E-state index in [9.17, 15) is 4.79 Å². The lowest BCUT2D eigenvalue weighted by Gasteiger charge is -2.10. The van der Waals surface area contributed by atoms with E-state index in [-0.39, 0.29) is 5.91 Å². The molecule has 3 aromatic rings. The van der Waals surface area contributed by atoms with Crippen LogP contribution in [0.2, 0.25) is 0 Å². The van der Waals surface area contributed by atoms with E-state index in [0.717, 1.165) is 23.7 Å². The summed E-state index contributed by atoms with van der Waals surface area (Å²) in [7, 11) is 0. The van der Waals surface area contributed by atoms with Gasteiger partial charge < -0.3 is 20.5 Å². The molecule has 2 aromatic heterocycles. The van der Waals surface area contributed by atoms with Gasteiger partial charge in [0.05, 0.1) is 0 Å². The second-order valence-electron chi connectivity index (χ2n) is 6.07. The smallest absolute Gasteiger partial charge is 0.251 e. The molecule has 27 heavy (non-hydrogen) atoms. The fourth-order valence-corrected chi connectivity index (χ4v) is 2.66. The number of nitrogens with one attached hydrogen (secondary N) is 3. The van der Waals surface area contributed by atoms with Crippen molar-refractivity contribution in [3.63, 3.8) is 0 Å². The first kappa shape index (κ1) is 18.4. The number of nitrogens with zero attached hydrogens (tertiary/aromatic N) is 3. The van der Waals surface area contributed by atoms with E-state index in [1.54, 1.807) is 0 Å². The van der Waals surface area contributed by atoms with Gasteiger partial charge in [-0.1, -0.05) is 0 Å². The topological polar surface area (TPSA) is 83.9 Å². The molecule has 140 valence electrons. The average Bonchev–Trinajstić information content (AvgIpc) is 3.20. The summed E-state index contributed by atoms with van der Waals surface area (Å²) in [6, 6.07) is 13.3. The Morgan fingerprint density at radius 3 is 2.48 bits per heavy atom. The molecule has 1 aromatic carbocycles. The summed E-state index contributed by atoms with van der Waals surface area (Å²) in [6.45, 7) is 5.77. The van der Waals surface area contributed by atoms with Gasteiger partial charge in [-0.3, -0.25) is 4.79 Å². The third-order valence-electron chi connectivity index (χ3n) is 3.94. The van der Waals surface area contributed by atoms with Crippen LogP contribution >= 0.6 is 0 Å². The van der Waals surface area contributed by atoms with E-state index in [1.807, 2.05) is 73.3 Å². The lowest BCUT2D eigenvalue weighted by atomic mass is 10.2. The van der Waals surface area contributed by atoms with Gasteiger partial charge in [0, 0.05) is 55.0 Å². The molecule has 2 heterocycles. The second-order valence-corrected chi connectivity index (χ2v) is 6.07. The van der Waals surface area contributed by atoms with E-state index in [4.69, 9.17) is 0 Å². The van der Waals surface area contributed by atoms with Crippen LogP contribution in [0, 0.1) is 6.92 Å². The summed E-state index contributed by atoms with van der Waals surface area (Å²) < 4.78 is 2.00. The summed E-state index contributed by atoms with van der Waals surface area (Å²) in [5.74, 6) is 1.24. The maximum absolute atomic E-state index is 12.3. The molecule has 0 spiro atoms. The van der Waals surface area contributed by atoms with Crippen LogP contribution in [0.4, 0.5) is 11.8 Å². The largest absolute Gasteiger partial charge is 0.370 e. The van der Waals surface area contributed by atoms with E-state index in [0.29, 0.717) is 24.6 Å². The third-order valence-corrected chi connectivity index (χ3v) is 3.94. The van der Waals surface area contributed by atoms with Crippen LogP contribution in [0.15, 0.2) is 54.9 Å². The molecule has 3 N–H and O–H groups in total. The Morgan fingerprint density at radius 2 is 1.78 bits per heavy atom. The summed E-state index contributed by atoms with van der Waals surface area (Å²) in [6.07, 6.45) is 3.94. The average molecular weight is 364 g/mol. The van der Waals surface area contributed by atoms with Gasteiger partial charge in [-0.05, 0) is 50.2 Å². The zero-order chi connectivity index (χ0) is 19.1. The number of carbonyl (C=O) groups is 1. The Hall–Kier alpha value is -3.35. The maximum atomic E-state index is 12.3. The highest BCUT2D eigenvalue weighted by Gasteiger charge is 2.06. The normalized spacial score (nSPS) is 10.4. The standard InChI is InChI=1S/C20H24N6O/c1-3-21-18-14-15(2)24-20(25-18)23-11-10-22-19(27)16-6-8-17(9-7-16)26-12-4-5-13-26/h4-9,12-14H,3,10-11H2,1-2H3,(H,22,27)(H2,21,23,24,25). The molecule has 1 amide bonds. The fraction of sp³-hybridized carbons (Fsp3) is 0.250. The van der Waals surface area contributed by atoms with E-state index < -0.39 is 0 Å². The van der Waals surface area contributed by atoms with Crippen molar-refractivity contribution in [1.82, 2.24) is 19.9 Å². The number of aryl methyl sites for hydroxylation is 1. The van der Waals surface area contributed by atoms with Crippen LogP contribution in [0.5, 0.6) is 0 Å². The quantitative estimate of drug-likeness (QED) is 0.535. The second kappa shape index (κ2) is 8.84. The Morgan fingerprint density at radius 1 is 1.04 bits per heavy atom. The van der Waals surface area contributed by atoms with Crippen LogP contribution in [-0.2, 0) is 0 Å². The van der Waals surface area contributed by atoms with Gasteiger partial charge in [-0.2, -0.15) is 4.98 Å². The molecular weight excluding hydrogens is 340 g/mol. The number of aromatic nitrogens is 3. The molecule has 7 nitrogen and oxygen atoms in total. The first-order valence-corrected chi connectivity index (χ1v) is 9.01. The van der Waals surface area contributed by atoms with Crippen molar-refractivity contribution in [3.05, 3.63) is 66.1 Å². The van der Waals surface area contributed by atoms with Crippen molar-refractivity contribution in [2.75, 3.05) is 30.3 Å². The molecule has 0 saturated heterocycles. The monoisotopic (exact) mass is 364 g/mol. The summed E-state index contributed by atoms with van der Waals surface area (Å²) in [5, 5.41) is 9.21. The minimum absolute atomic E-state index is 0.102. The first-order valence-electron chi connectivity index (χ1n) is 9.01. The number of rotatable bonds is 8. The van der Waals surface area contributed by atoms with Crippen molar-refractivity contribution < 1.29 is 4.79 Å². The highest BCUT2D eigenvalue weighted by molar-refractivity contribution is 5.94. The van der Waals surface area contributed by atoms with Crippen LogP contribution in [0.25, 0.3) is 5.69 Å². The number of hydrogen-bond acceptors (Lipinski definition) is 5.